The van der Waals surface area contributed by atoms with Crippen LogP contribution in [0.1, 0.15) is 38.4 Å². The number of aryl methyl sites for hydroxylation is 2. The first-order valence-electron chi connectivity index (χ1n) is 5.46. The van der Waals surface area contributed by atoms with E-state index in [-0.39, 0.29) is 6.42 Å². The van der Waals surface area contributed by atoms with Crippen LogP contribution >= 0.6 is 0 Å². The summed E-state index contributed by atoms with van der Waals surface area (Å²) in [6, 6.07) is 0. The lowest BCUT2D eigenvalue weighted by molar-refractivity contribution is -0.137. The summed E-state index contributed by atoms with van der Waals surface area (Å²) < 4.78 is 2.12. The predicted molar refractivity (Wildman–Crippen MR) is 57.7 cm³/mol. The first kappa shape index (κ1) is 11.8. The highest BCUT2D eigenvalue weighted by Crippen LogP contribution is 2.05. The minimum absolute atomic E-state index is 0.262. The Kier molecular flexibility index (Phi) is 4.87. The number of hydrogen-bond acceptors (Lipinski definition) is 2. The maximum Gasteiger partial charge on any atom is 0.303 e. The van der Waals surface area contributed by atoms with Crippen molar-refractivity contribution >= 4 is 5.97 Å². The first-order valence-corrected chi connectivity index (χ1v) is 5.46. The number of carboxylic acids is 1. The third-order valence-corrected chi connectivity index (χ3v) is 2.31. The molecule has 15 heavy (non-hydrogen) atoms. The average molecular weight is 210 g/mol. The summed E-state index contributed by atoms with van der Waals surface area (Å²) in [5, 5.41) is 8.49. The fourth-order valence-electron chi connectivity index (χ4n) is 1.55. The Labute approximate surface area is 89.9 Å². The molecule has 4 heteroatoms. The van der Waals surface area contributed by atoms with Gasteiger partial charge in [0.1, 0.15) is 5.82 Å². The second kappa shape index (κ2) is 6.22. The molecule has 4 nitrogen and oxygen atoms in total. The van der Waals surface area contributed by atoms with Crippen LogP contribution in [-0.4, -0.2) is 20.6 Å². The molecule has 0 aliphatic carbocycles. The molecule has 0 spiro atoms. The van der Waals surface area contributed by atoms with E-state index in [4.69, 9.17) is 5.11 Å². The molecule has 0 bridgehead atoms. The molecule has 84 valence electrons. The first-order chi connectivity index (χ1) is 7.24. The Morgan fingerprint density at radius 3 is 3.00 bits per heavy atom. The Bertz CT molecular complexity index is 307. The summed E-state index contributed by atoms with van der Waals surface area (Å²) in [5.74, 6) is 0.391. The van der Waals surface area contributed by atoms with Gasteiger partial charge >= 0.3 is 5.97 Å². The van der Waals surface area contributed by atoms with E-state index >= 15 is 0 Å². The van der Waals surface area contributed by atoms with Crippen LogP contribution in [0.5, 0.6) is 0 Å². The molecule has 0 saturated heterocycles. The zero-order chi connectivity index (χ0) is 11.1. The monoisotopic (exact) mass is 210 g/mol. The van der Waals surface area contributed by atoms with Gasteiger partial charge in [0.25, 0.3) is 0 Å². The number of aromatic nitrogens is 2. The molecule has 0 unspecified atom stereocenters. The number of hydrogen-bond donors (Lipinski definition) is 1. The molecule has 0 fully saturated rings. The summed E-state index contributed by atoms with van der Waals surface area (Å²) in [5.41, 5.74) is 0. The van der Waals surface area contributed by atoms with Crippen molar-refractivity contribution < 1.29 is 9.90 Å². The molecule has 1 rings (SSSR count). The van der Waals surface area contributed by atoms with Crippen molar-refractivity contribution in [3.8, 4) is 0 Å². The van der Waals surface area contributed by atoms with Gasteiger partial charge in [0.2, 0.25) is 0 Å². The minimum atomic E-state index is -0.714. The van der Waals surface area contributed by atoms with E-state index in [1.54, 1.807) is 0 Å². The maximum absolute atomic E-state index is 10.3. The van der Waals surface area contributed by atoms with Crippen LogP contribution < -0.4 is 0 Å². The summed E-state index contributed by atoms with van der Waals surface area (Å²) in [6.45, 7) is 3.01. The lowest BCUT2D eigenvalue weighted by Gasteiger charge is -2.05. The topological polar surface area (TPSA) is 55.1 Å². The van der Waals surface area contributed by atoms with E-state index in [2.05, 4.69) is 16.5 Å². The number of rotatable bonds is 7. The molecular weight excluding hydrogens is 192 g/mol. The average Bonchev–Trinajstić information content (AvgIpc) is 2.61. The normalized spacial score (nSPS) is 10.5. The molecule has 1 aromatic rings. The van der Waals surface area contributed by atoms with Gasteiger partial charge in [0.15, 0.2) is 0 Å². The lowest BCUT2D eigenvalue weighted by atomic mass is 10.2. The molecule has 0 aliphatic heterocycles. The molecule has 0 amide bonds. The predicted octanol–water partition coefficient (Wildman–Crippen LogP) is 2.09. The Hall–Kier alpha value is -1.32. The smallest absolute Gasteiger partial charge is 0.303 e. The molecule has 0 aromatic carbocycles. The zero-order valence-electron chi connectivity index (χ0n) is 9.15. The van der Waals surface area contributed by atoms with E-state index in [0.29, 0.717) is 0 Å². The molecule has 1 heterocycles. The van der Waals surface area contributed by atoms with Gasteiger partial charge in [0.05, 0.1) is 0 Å². The number of unbranched alkanes of at least 4 members (excludes halogenated alkanes) is 1. The van der Waals surface area contributed by atoms with Crippen molar-refractivity contribution in [3.05, 3.63) is 18.2 Å². The van der Waals surface area contributed by atoms with Crippen molar-refractivity contribution in [3.63, 3.8) is 0 Å². The third kappa shape index (κ3) is 4.14. The number of aliphatic carboxylic acids is 1. The second-order valence-corrected chi connectivity index (χ2v) is 3.64. The highest BCUT2D eigenvalue weighted by atomic mass is 16.4. The van der Waals surface area contributed by atoms with Crippen molar-refractivity contribution in [2.75, 3.05) is 0 Å². The van der Waals surface area contributed by atoms with Gasteiger partial charge in [-0.3, -0.25) is 4.79 Å². The highest BCUT2D eigenvalue weighted by Gasteiger charge is 2.01. The standard InChI is InChI=1S/C11H18N2O2/c1-2-5-10-12-7-9-13(10)8-4-3-6-11(14)15/h7,9H,2-6,8H2,1H3,(H,14,15). The van der Waals surface area contributed by atoms with Crippen LogP contribution in [0.3, 0.4) is 0 Å². The number of nitrogens with zero attached hydrogens (tertiary/aromatic N) is 2. The summed E-state index contributed by atoms with van der Waals surface area (Å²) >= 11 is 0. The van der Waals surface area contributed by atoms with Gasteiger partial charge in [0, 0.05) is 31.8 Å². The van der Waals surface area contributed by atoms with Gasteiger partial charge in [-0.05, 0) is 19.3 Å². The quantitative estimate of drug-likeness (QED) is 0.701. The molecule has 1 aromatic heterocycles. The Balaban J connectivity index is 2.30. The number of imidazole rings is 1. The fourth-order valence-corrected chi connectivity index (χ4v) is 1.55. The van der Waals surface area contributed by atoms with Gasteiger partial charge in [-0.1, -0.05) is 6.92 Å². The van der Waals surface area contributed by atoms with E-state index < -0.39 is 5.97 Å². The number of carbonyl (C=O) groups is 1. The third-order valence-electron chi connectivity index (χ3n) is 2.31. The highest BCUT2D eigenvalue weighted by molar-refractivity contribution is 5.66. The van der Waals surface area contributed by atoms with Crippen LogP contribution in [0, 0.1) is 0 Å². The Morgan fingerprint density at radius 1 is 1.53 bits per heavy atom. The van der Waals surface area contributed by atoms with Gasteiger partial charge in [-0.2, -0.15) is 0 Å². The lowest BCUT2D eigenvalue weighted by Crippen LogP contribution is -2.04. The van der Waals surface area contributed by atoms with E-state index in [1.165, 1.54) is 0 Å². The molecule has 0 saturated carbocycles. The zero-order valence-corrected chi connectivity index (χ0v) is 9.15. The van der Waals surface area contributed by atoms with Crippen molar-refractivity contribution in [2.45, 2.75) is 45.6 Å². The Morgan fingerprint density at radius 2 is 2.33 bits per heavy atom. The van der Waals surface area contributed by atoms with Crippen LogP contribution in [0.2, 0.25) is 0 Å². The summed E-state index contributed by atoms with van der Waals surface area (Å²) in [6.07, 6.45) is 7.75. The SMILES string of the molecule is CCCc1nccn1CCCCC(=O)O. The maximum atomic E-state index is 10.3. The van der Waals surface area contributed by atoms with Gasteiger partial charge in [-0.25, -0.2) is 4.98 Å². The molecule has 0 atom stereocenters. The van der Waals surface area contributed by atoms with E-state index in [0.717, 1.165) is 38.1 Å². The van der Waals surface area contributed by atoms with Crippen LogP contribution in [-0.2, 0) is 17.8 Å². The molecule has 0 radical (unpaired) electrons. The van der Waals surface area contributed by atoms with E-state index in [1.807, 2.05) is 12.4 Å². The van der Waals surface area contributed by atoms with Crippen LogP contribution in [0.4, 0.5) is 0 Å². The van der Waals surface area contributed by atoms with Crippen LogP contribution in [0.25, 0.3) is 0 Å². The second-order valence-electron chi connectivity index (χ2n) is 3.64. The molecular formula is C11H18N2O2. The summed E-state index contributed by atoms with van der Waals surface area (Å²) in [7, 11) is 0. The van der Waals surface area contributed by atoms with Gasteiger partial charge < -0.3 is 9.67 Å². The van der Waals surface area contributed by atoms with Crippen molar-refractivity contribution in [1.82, 2.24) is 9.55 Å². The minimum Gasteiger partial charge on any atom is -0.481 e. The largest absolute Gasteiger partial charge is 0.481 e. The number of carboxylic acid groups (broad SMARTS) is 1. The molecule has 1 N–H and O–H groups in total. The van der Waals surface area contributed by atoms with E-state index in [9.17, 15) is 4.79 Å². The summed E-state index contributed by atoms with van der Waals surface area (Å²) in [4.78, 5) is 14.6. The van der Waals surface area contributed by atoms with Crippen molar-refractivity contribution in [2.24, 2.45) is 0 Å². The van der Waals surface area contributed by atoms with Gasteiger partial charge in [-0.15, -0.1) is 0 Å². The fraction of sp³-hybridized carbons (Fsp3) is 0.636. The molecule has 0 aliphatic rings. The van der Waals surface area contributed by atoms with Crippen molar-refractivity contribution in [1.29, 1.82) is 0 Å². The van der Waals surface area contributed by atoms with Crippen LogP contribution in [0.15, 0.2) is 12.4 Å².